The number of benzene rings is 2. The highest BCUT2D eigenvalue weighted by molar-refractivity contribution is 5.35. The molecule has 0 saturated carbocycles. The van der Waals surface area contributed by atoms with E-state index in [1.54, 1.807) is 0 Å². The second-order valence-electron chi connectivity index (χ2n) is 8.24. The molecule has 0 amide bonds. The molecule has 1 saturated heterocycles. The molecular weight excluding hydrogens is 448 g/mol. The average Bonchev–Trinajstić information content (AvgIpc) is 2.78. The summed E-state index contributed by atoms with van der Waals surface area (Å²) in [6.45, 7) is 4.58. The normalized spacial score (nSPS) is 22.8. The van der Waals surface area contributed by atoms with Crippen LogP contribution in [0.3, 0.4) is 0 Å². The van der Waals surface area contributed by atoms with Gasteiger partial charge in [-0.3, -0.25) is 0 Å². The second-order valence-corrected chi connectivity index (χ2v) is 8.24. The lowest BCUT2D eigenvalue weighted by atomic mass is 9.82. The van der Waals surface area contributed by atoms with Crippen LogP contribution in [0.25, 0.3) is 0 Å². The van der Waals surface area contributed by atoms with Crippen LogP contribution in [-0.4, -0.2) is 25.9 Å². The molecule has 0 aliphatic carbocycles. The van der Waals surface area contributed by atoms with Gasteiger partial charge in [-0.05, 0) is 56.0 Å². The number of halogens is 6. The number of hydrogen-bond acceptors (Lipinski definition) is 3. The number of rotatable bonds is 7. The molecule has 2 aromatic carbocycles. The number of ether oxygens (including phenoxy) is 2. The molecule has 1 heterocycles. The Bertz CT molecular complexity index is 873. The van der Waals surface area contributed by atoms with E-state index in [1.807, 2.05) is 37.3 Å². The summed E-state index contributed by atoms with van der Waals surface area (Å²) in [6.07, 6.45) is -9.37. The fourth-order valence-corrected chi connectivity index (χ4v) is 4.07. The van der Waals surface area contributed by atoms with Gasteiger partial charge in [0, 0.05) is 13.2 Å². The Kier molecular flexibility index (Phi) is 7.76. The molecule has 182 valence electrons. The van der Waals surface area contributed by atoms with Crippen LogP contribution >= 0.6 is 0 Å². The van der Waals surface area contributed by atoms with Crippen LogP contribution in [0.1, 0.15) is 55.0 Å². The Balaban J connectivity index is 1.84. The van der Waals surface area contributed by atoms with Gasteiger partial charge in [0.1, 0.15) is 0 Å². The van der Waals surface area contributed by atoms with Crippen LogP contribution in [0, 0.1) is 0 Å². The maximum absolute atomic E-state index is 13.2. The van der Waals surface area contributed by atoms with Gasteiger partial charge in [-0.1, -0.05) is 30.3 Å². The van der Waals surface area contributed by atoms with Gasteiger partial charge in [-0.25, -0.2) is 0 Å². The minimum absolute atomic E-state index is 0.0297. The SMILES string of the molecule is CCOC1CC[C@@](CO[C@H](C)c2cc(C(F)(F)F)cc(C(F)(F)F)c2)(c2ccccc2)NC1. The number of piperidine rings is 1. The lowest BCUT2D eigenvalue weighted by molar-refractivity contribution is -0.143. The maximum Gasteiger partial charge on any atom is 0.416 e. The summed E-state index contributed by atoms with van der Waals surface area (Å²) in [4.78, 5) is 0. The van der Waals surface area contributed by atoms with Gasteiger partial charge in [0.15, 0.2) is 0 Å². The van der Waals surface area contributed by atoms with Crippen LogP contribution in [0.2, 0.25) is 0 Å². The fourth-order valence-electron chi connectivity index (χ4n) is 4.07. The van der Waals surface area contributed by atoms with E-state index in [0.29, 0.717) is 31.7 Å². The first-order valence-electron chi connectivity index (χ1n) is 10.8. The van der Waals surface area contributed by atoms with Crippen molar-refractivity contribution in [2.45, 2.75) is 56.8 Å². The lowest BCUT2D eigenvalue weighted by Crippen LogP contribution is -2.53. The Morgan fingerprint density at radius 3 is 2.09 bits per heavy atom. The van der Waals surface area contributed by atoms with Crippen molar-refractivity contribution in [1.82, 2.24) is 5.32 Å². The lowest BCUT2D eigenvalue weighted by Gasteiger charge is -2.42. The summed E-state index contributed by atoms with van der Waals surface area (Å²) in [6, 6.07) is 11.0. The van der Waals surface area contributed by atoms with E-state index in [4.69, 9.17) is 9.47 Å². The summed E-state index contributed by atoms with van der Waals surface area (Å²) >= 11 is 0. The summed E-state index contributed by atoms with van der Waals surface area (Å²) in [5.41, 5.74) is -2.57. The predicted molar refractivity (Wildman–Crippen MR) is 112 cm³/mol. The van der Waals surface area contributed by atoms with E-state index in [-0.39, 0.29) is 24.3 Å². The van der Waals surface area contributed by atoms with E-state index < -0.39 is 35.1 Å². The molecule has 1 unspecified atom stereocenters. The molecule has 0 bridgehead atoms. The van der Waals surface area contributed by atoms with E-state index in [2.05, 4.69) is 5.32 Å². The molecule has 2 aromatic rings. The number of alkyl halides is 6. The zero-order valence-electron chi connectivity index (χ0n) is 18.4. The Morgan fingerprint density at radius 2 is 1.61 bits per heavy atom. The van der Waals surface area contributed by atoms with Crippen LogP contribution < -0.4 is 5.32 Å². The fraction of sp³-hybridized carbons (Fsp3) is 0.500. The largest absolute Gasteiger partial charge is 0.416 e. The third-order valence-corrected chi connectivity index (χ3v) is 5.95. The quantitative estimate of drug-likeness (QED) is 0.465. The average molecular weight is 475 g/mol. The first kappa shape index (κ1) is 25.5. The number of nitrogens with one attached hydrogen (secondary N) is 1. The minimum atomic E-state index is -4.90. The molecule has 9 heteroatoms. The summed E-state index contributed by atoms with van der Waals surface area (Å²) in [5.74, 6) is 0. The van der Waals surface area contributed by atoms with Gasteiger partial charge >= 0.3 is 12.4 Å². The minimum Gasteiger partial charge on any atom is -0.377 e. The van der Waals surface area contributed by atoms with Crippen molar-refractivity contribution in [2.24, 2.45) is 0 Å². The van der Waals surface area contributed by atoms with Crippen molar-refractivity contribution < 1.29 is 35.8 Å². The molecule has 3 atom stereocenters. The molecule has 1 N–H and O–H groups in total. The Morgan fingerprint density at radius 1 is 1.00 bits per heavy atom. The predicted octanol–water partition coefficient (Wildman–Crippen LogP) is 6.49. The first-order valence-corrected chi connectivity index (χ1v) is 10.8. The van der Waals surface area contributed by atoms with Crippen LogP contribution in [0.4, 0.5) is 26.3 Å². The first-order chi connectivity index (χ1) is 15.4. The molecule has 3 rings (SSSR count). The highest BCUT2D eigenvalue weighted by Crippen LogP contribution is 2.39. The Hall–Kier alpha value is -2.10. The zero-order chi connectivity index (χ0) is 24.3. The third-order valence-electron chi connectivity index (χ3n) is 5.95. The standard InChI is InChI=1S/C24H27F6NO2/c1-3-32-21-9-10-22(31-14-21,18-7-5-4-6-8-18)15-33-16(2)17-11-19(23(25,26)27)13-20(12-17)24(28,29)30/h4-8,11-13,16,21,31H,3,9-10,14-15H2,1-2H3/t16-,21?,22-/m1/s1. The van der Waals surface area contributed by atoms with Gasteiger partial charge in [-0.2, -0.15) is 26.3 Å². The van der Waals surface area contributed by atoms with Crippen LogP contribution in [0.5, 0.6) is 0 Å². The molecule has 0 spiro atoms. The van der Waals surface area contributed by atoms with Gasteiger partial charge in [0.25, 0.3) is 0 Å². The smallest absolute Gasteiger partial charge is 0.377 e. The third kappa shape index (κ3) is 6.28. The molecule has 1 aliphatic rings. The van der Waals surface area contributed by atoms with E-state index in [0.717, 1.165) is 12.0 Å². The molecule has 1 aliphatic heterocycles. The molecular formula is C24H27F6NO2. The Labute approximate surface area is 189 Å². The van der Waals surface area contributed by atoms with Crippen LogP contribution in [-0.2, 0) is 27.4 Å². The summed E-state index contributed by atoms with van der Waals surface area (Å²) in [5, 5.41) is 3.45. The summed E-state index contributed by atoms with van der Waals surface area (Å²) < 4.78 is 91.0. The van der Waals surface area contributed by atoms with Gasteiger partial charge in [0.05, 0.1) is 35.5 Å². The maximum atomic E-state index is 13.2. The monoisotopic (exact) mass is 475 g/mol. The molecule has 33 heavy (non-hydrogen) atoms. The van der Waals surface area contributed by atoms with Crippen molar-refractivity contribution in [1.29, 1.82) is 0 Å². The van der Waals surface area contributed by atoms with Gasteiger partial charge < -0.3 is 14.8 Å². The van der Waals surface area contributed by atoms with Crippen molar-refractivity contribution in [3.63, 3.8) is 0 Å². The molecule has 0 aromatic heterocycles. The van der Waals surface area contributed by atoms with Gasteiger partial charge in [-0.15, -0.1) is 0 Å². The van der Waals surface area contributed by atoms with Gasteiger partial charge in [0.2, 0.25) is 0 Å². The zero-order valence-corrected chi connectivity index (χ0v) is 18.4. The van der Waals surface area contributed by atoms with E-state index in [9.17, 15) is 26.3 Å². The van der Waals surface area contributed by atoms with Crippen molar-refractivity contribution in [3.8, 4) is 0 Å². The van der Waals surface area contributed by atoms with Crippen LogP contribution in [0.15, 0.2) is 48.5 Å². The second kappa shape index (κ2) is 10.0. The highest BCUT2D eigenvalue weighted by atomic mass is 19.4. The van der Waals surface area contributed by atoms with Crippen molar-refractivity contribution in [2.75, 3.05) is 19.8 Å². The number of hydrogen-bond donors (Lipinski definition) is 1. The highest BCUT2D eigenvalue weighted by Gasteiger charge is 2.39. The van der Waals surface area contributed by atoms with Crippen molar-refractivity contribution >= 4 is 0 Å². The van der Waals surface area contributed by atoms with E-state index in [1.165, 1.54) is 6.92 Å². The molecule has 1 fully saturated rings. The topological polar surface area (TPSA) is 30.5 Å². The summed E-state index contributed by atoms with van der Waals surface area (Å²) in [7, 11) is 0. The van der Waals surface area contributed by atoms with Crippen molar-refractivity contribution in [3.05, 3.63) is 70.8 Å². The van der Waals surface area contributed by atoms with E-state index >= 15 is 0 Å². The molecule has 0 radical (unpaired) electrons. The molecule has 3 nitrogen and oxygen atoms in total.